The average Bonchev–Trinajstić information content (AvgIpc) is 3.38. The zero-order valence-electron chi connectivity index (χ0n) is 15.4. The maximum atomic E-state index is 13.9. The average molecular weight is 471 g/mol. The van der Waals surface area contributed by atoms with Crippen molar-refractivity contribution in [3.8, 4) is 11.3 Å². The van der Waals surface area contributed by atoms with Crippen molar-refractivity contribution in [1.82, 2.24) is 10.6 Å². The molecule has 0 radical (unpaired) electrons. The number of halogens is 4. The molecule has 0 aliphatic carbocycles. The second kappa shape index (κ2) is 7.70. The highest BCUT2D eigenvalue weighted by atomic mass is 35.5. The Hall–Kier alpha value is -2.82. The number of furan rings is 1. The lowest BCUT2D eigenvalue weighted by Gasteiger charge is -2.44. The van der Waals surface area contributed by atoms with Gasteiger partial charge in [-0.25, -0.2) is 4.79 Å². The molecule has 1 fully saturated rings. The summed E-state index contributed by atoms with van der Waals surface area (Å²) in [7, 11) is 0. The van der Waals surface area contributed by atoms with Gasteiger partial charge in [-0.2, -0.15) is 13.2 Å². The molecule has 0 unspecified atom stereocenters. The lowest BCUT2D eigenvalue weighted by atomic mass is 9.80. The van der Waals surface area contributed by atoms with Crippen LogP contribution >= 0.6 is 22.9 Å². The van der Waals surface area contributed by atoms with Crippen molar-refractivity contribution in [2.45, 2.75) is 17.9 Å². The zero-order valence-corrected chi connectivity index (χ0v) is 17.0. The van der Waals surface area contributed by atoms with Gasteiger partial charge < -0.3 is 20.2 Å². The van der Waals surface area contributed by atoms with Gasteiger partial charge in [0, 0.05) is 10.6 Å². The van der Waals surface area contributed by atoms with Crippen LogP contribution in [0.25, 0.3) is 11.3 Å². The van der Waals surface area contributed by atoms with Gasteiger partial charge in [0.15, 0.2) is 5.78 Å². The Morgan fingerprint density at radius 1 is 1.19 bits per heavy atom. The summed E-state index contributed by atoms with van der Waals surface area (Å²) >= 11 is 6.89. The molecule has 2 amide bonds. The molecular formula is C20H14ClF3N2O4S. The number of carbonyl (C=O) groups excluding carboxylic acids is 2. The summed E-state index contributed by atoms with van der Waals surface area (Å²) in [5, 5.41) is 16.2. The predicted octanol–water partition coefficient (Wildman–Crippen LogP) is 4.77. The summed E-state index contributed by atoms with van der Waals surface area (Å²) in [6.45, 7) is 0. The molecule has 1 aromatic carbocycles. The fraction of sp³-hybridized carbons (Fsp3) is 0.200. The Balaban J connectivity index is 1.80. The maximum Gasteiger partial charge on any atom is 0.437 e. The Bertz CT molecular complexity index is 1130. The van der Waals surface area contributed by atoms with Crippen LogP contribution in [0, 0.1) is 5.92 Å². The SMILES string of the molecule is O=C1N[C@@H](c2ccc(-c3cccc(Cl)c3)o2)[C@H](C(=O)c2cccs2)[C@](O)(C(F)(F)F)N1. The number of hydrogen-bond donors (Lipinski definition) is 3. The molecule has 0 spiro atoms. The third-order valence-electron chi connectivity index (χ3n) is 4.90. The van der Waals surface area contributed by atoms with Gasteiger partial charge in [0.1, 0.15) is 23.5 Å². The smallest absolute Gasteiger partial charge is 0.437 e. The highest BCUT2D eigenvalue weighted by molar-refractivity contribution is 7.12. The van der Waals surface area contributed by atoms with Crippen molar-refractivity contribution < 1.29 is 32.3 Å². The largest absolute Gasteiger partial charge is 0.459 e. The second-order valence-corrected chi connectivity index (χ2v) is 8.26. The number of urea groups is 1. The van der Waals surface area contributed by atoms with Crippen LogP contribution < -0.4 is 10.6 Å². The molecule has 0 saturated carbocycles. The Morgan fingerprint density at radius 3 is 2.61 bits per heavy atom. The minimum absolute atomic E-state index is 0.00255. The second-order valence-electron chi connectivity index (χ2n) is 6.87. The molecule has 2 aromatic heterocycles. The molecule has 1 aliphatic heterocycles. The van der Waals surface area contributed by atoms with E-state index < -0.39 is 35.7 Å². The fourth-order valence-corrected chi connectivity index (χ4v) is 4.36. The van der Waals surface area contributed by atoms with Crippen molar-refractivity contribution >= 4 is 34.8 Å². The first-order valence-corrected chi connectivity index (χ1v) is 10.2. The lowest BCUT2D eigenvalue weighted by Crippen LogP contribution is -2.72. The topological polar surface area (TPSA) is 91.6 Å². The Morgan fingerprint density at radius 2 is 1.97 bits per heavy atom. The van der Waals surface area contributed by atoms with Crippen molar-refractivity contribution in [2.24, 2.45) is 5.92 Å². The minimum Gasteiger partial charge on any atom is -0.459 e. The summed E-state index contributed by atoms with van der Waals surface area (Å²) in [6, 6.07) is 9.37. The van der Waals surface area contributed by atoms with E-state index in [0.717, 1.165) is 11.3 Å². The van der Waals surface area contributed by atoms with Crippen LogP contribution in [0.4, 0.5) is 18.0 Å². The van der Waals surface area contributed by atoms with Gasteiger partial charge in [-0.1, -0.05) is 29.8 Å². The number of Topliss-reactive ketones (excluding diaryl/α,β-unsaturated/α-hetero) is 1. The van der Waals surface area contributed by atoms with E-state index in [0.29, 0.717) is 10.6 Å². The number of thiophene rings is 1. The molecule has 31 heavy (non-hydrogen) atoms. The van der Waals surface area contributed by atoms with E-state index in [9.17, 15) is 27.9 Å². The molecule has 1 aliphatic rings. The first-order chi connectivity index (χ1) is 14.6. The van der Waals surface area contributed by atoms with Crippen LogP contribution in [0.1, 0.15) is 21.5 Å². The number of nitrogens with one attached hydrogen (secondary N) is 2. The molecule has 3 heterocycles. The van der Waals surface area contributed by atoms with Gasteiger partial charge in [-0.3, -0.25) is 4.79 Å². The van der Waals surface area contributed by atoms with E-state index >= 15 is 0 Å². The highest BCUT2D eigenvalue weighted by Gasteiger charge is 2.67. The van der Waals surface area contributed by atoms with Gasteiger partial charge in [0.2, 0.25) is 5.72 Å². The number of carbonyl (C=O) groups is 2. The molecule has 6 nitrogen and oxygen atoms in total. The Labute approximate surface area is 182 Å². The van der Waals surface area contributed by atoms with Gasteiger partial charge in [0.25, 0.3) is 0 Å². The summed E-state index contributed by atoms with van der Waals surface area (Å²) in [6.07, 6.45) is -5.33. The number of rotatable bonds is 4. The van der Waals surface area contributed by atoms with Gasteiger partial charge in [-0.05, 0) is 35.7 Å². The molecule has 3 N–H and O–H groups in total. The van der Waals surface area contributed by atoms with E-state index in [4.69, 9.17) is 16.0 Å². The van der Waals surface area contributed by atoms with E-state index in [1.54, 1.807) is 24.3 Å². The van der Waals surface area contributed by atoms with Crippen LogP contribution in [-0.2, 0) is 0 Å². The van der Waals surface area contributed by atoms with E-state index in [1.807, 2.05) is 0 Å². The summed E-state index contributed by atoms with van der Waals surface area (Å²) < 4.78 is 47.3. The quantitative estimate of drug-likeness (QED) is 0.479. The molecule has 3 aromatic rings. The predicted molar refractivity (Wildman–Crippen MR) is 107 cm³/mol. The van der Waals surface area contributed by atoms with Crippen molar-refractivity contribution in [2.75, 3.05) is 0 Å². The first-order valence-electron chi connectivity index (χ1n) is 8.91. The third kappa shape index (κ3) is 3.82. The van der Waals surface area contributed by atoms with Crippen molar-refractivity contribution in [3.63, 3.8) is 0 Å². The molecular weight excluding hydrogens is 457 g/mol. The monoisotopic (exact) mass is 470 g/mol. The van der Waals surface area contributed by atoms with Crippen molar-refractivity contribution in [3.05, 3.63) is 69.6 Å². The molecule has 4 rings (SSSR count). The van der Waals surface area contributed by atoms with Gasteiger partial charge in [0.05, 0.1) is 4.88 Å². The van der Waals surface area contributed by atoms with Crippen LogP contribution in [0.5, 0.6) is 0 Å². The van der Waals surface area contributed by atoms with Crippen molar-refractivity contribution in [1.29, 1.82) is 0 Å². The first kappa shape index (κ1) is 21.4. The molecule has 162 valence electrons. The number of benzene rings is 1. The van der Waals surface area contributed by atoms with Gasteiger partial charge in [-0.15, -0.1) is 11.3 Å². The van der Waals surface area contributed by atoms with Crippen LogP contribution in [0.2, 0.25) is 5.02 Å². The van der Waals surface area contributed by atoms with Crippen LogP contribution in [0.3, 0.4) is 0 Å². The zero-order chi connectivity index (χ0) is 22.4. The van der Waals surface area contributed by atoms with E-state index in [2.05, 4.69) is 5.32 Å². The number of alkyl halides is 3. The Kier molecular flexibility index (Phi) is 5.32. The maximum absolute atomic E-state index is 13.9. The molecule has 3 atom stereocenters. The van der Waals surface area contributed by atoms with E-state index in [-0.39, 0.29) is 16.4 Å². The van der Waals surface area contributed by atoms with E-state index in [1.165, 1.54) is 35.0 Å². The normalized spacial score (nSPS) is 23.8. The summed E-state index contributed by atoms with van der Waals surface area (Å²) in [4.78, 5) is 25.1. The van der Waals surface area contributed by atoms with Gasteiger partial charge >= 0.3 is 12.2 Å². The molecule has 1 saturated heterocycles. The molecule has 11 heteroatoms. The van der Waals surface area contributed by atoms with Crippen LogP contribution in [0.15, 0.2) is 58.3 Å². The molecule has 0 bridgehead atoms. The lowest BCUT2D eigenvalue weighted by molar-refractivity contribution is -0.287. The van der Waals surface area contributed by atoms with Crippen LogP contribution in [-0.4, -0.2) is 28.8 Å². The number of ketones is 1. The number of hydrogen-bond acceptors (Lipinski definition) is 5. The summed E-state index contributed by atoms with van der Waals surface area (Å²) in [5.74, 6) is -2.99. The fourth-order valence-electron chi connectivity index (χ4n) is 3.47. The highest BCUT2D eigenvalue weighted by Crippen LogP contribution is 2.45. The third-order valence-corrected chi connectivity index (χ3v) is 6.01. The minimum atomic E-state index is -5.33. The summed E-state index contributed by atoms with van der Waals surface area (Å²) in [5.41, 5.74) is -3.25. The number of amides is 2. The number of aliphatic hydroxyl groups is 1. The standard InChI is InChI=1S/C20H14ClF3N2O4S/c21-11-4-1-3-10(9-11)12-6-7-13(30-12)16-15(17(27)14-5-2-8-31-14)19(29,20(22,23)24)26-18(28)25-16/h1-9,15-16,29H,(H2,25,26,28)/t15-,16+,19+/m1/s1.